The highest BCUT2D eigenvalue weighted by Crippen LogP contribution is 2.31. The van der Waals surface area contributed by atoms with Crippen LogP contribution in [0.3, 0.4) is 0 Å². The zero-order chi connectivity index (χ0) is 25.5. The SMILES string of the molecule is CN1C(=O)CCOc2ccc(C#CC3(O)COC3)cc21.NC(=O)c1cc(Oc2ccccc2)ccn1. The van der Waals surface area contributed by atoms with Crippen LogP contribution in [0.2, 0.25) is 0 Å². The molecule has 3 N–H and O–H groups in total. The van der Waals surface area contributed by atoms with E-state index in [2.05, 4.69) is 16.8 Å². The summed E-state index contributed by atoms with van der Waals surface area (Å²) < 4.78 is 16.0. The molecule has 2 amide bonds. The van der Waals surface area contributed by atoms with Gasteiger partial charge in [-0.15, -0.1) is 0 Å². The largest absolute Gasteiger partial charge is 0.491 e. The third kappa shape index (κ3) is 6.18. The Kier molecular flexibility index (Phi) is 7.49. The summed E-state index contributed by atoms with van der Waals surface area (Å²) in [5, 5.41) is 9.86. The summed E-state index contributed by atoms with van der Waals surface area (Å²) in [5.74, 6) is 7.07. The summed E-state index contributed by atoms with van der Waals surface area (Å²) in [7, 11) is 1.72. The molecule has 3 aromatic rings. The predicted molar refractivity (Wildman–Crippen MR) is 132 cm³/mol. The van der Waals surface area contributed by atoms with Crippen LogP contribution < -0.4 is 20.1 Å². The van der Waals surface area contributed by atoms with Crippen LogP contribution in [0.25, 0.3) is 0 Å². The molecular formula is C27H25N3O6. The Hall–Kier alpha value is -4.39. The van der Waals surface area contributed by atoms with Crippen molar-refractivity contribution in [2.24, 2.45) is 5.73 Å². The van der Waals surface area contributed by atoms with Crippen LogP contribution >= 0.6 is 0 Å². The second-order valence-corrected chi connectivity index (χ2v) is 8.16. The van der Waals surface area contributed by atoms with Gasteiger partial charge in [-0.1, -0.05) is 30.0 Å². The summed E-state index contributed by atoms with van der Waals surface area (Å²) in [6, 6.07) is 17.9. The van der Waals surface area contributed by atoms with Gasteiger partial charge in [-0.3, -0.25) is 14.6 Å². The lowest BCUT2D eigenvalue weighted by Gasteiger charge is -2.30. The number of nitrogens with two attached hydrogens (primary N) is 1. The molecule has 0 radical (unpaired) electrons. The van der Waals surface area contributed by atoms with E-state index in [4.69, 9.17) is 19.9 Å². The molecule has 0 saturated carbocycles. The molecule has 184 valence electrons. The molecule has 9 nitrogen and oxygen atoms in total. The van der Waals surface area contributed by atoms with E-state index in [9.17, 15) is 14.7 Å². The van der Waals surface area contributed by atoms with E-state index in [1.807, 2.05) is 36.4 Å². The number of pyridine rings is 1. The van der Waals surface area contributed by atoms with Crippen LogP contribution in [0.1, 0.15) is 22.5 Å². The number of carbonyl (C=O) groups excluding carboxylic acids is 2. The molecule has 3 heterocycles. The van der Waals surface area contributed by atoms with Crippen LogP contribution in [0.5, 0.6) is 17.2 Å². The Labute approximate surface area is 208 Å². The first kappa shape index (κ1) is 24.7. The molecule has 1 aromatic heterocycles. The summed E-state index contributed by atoms with van der Waals surface area (Å²) in [6.45, 7) is 0.872. The highest BCUT2D eigenvalue weighted by Gasteiger charge is 2.33. The van der Waals surface area contributed by atoms with Crippen LogP contribution in [-0.4, -0.2) is 54.4 Å². The average molecular weight is 488 g/mol. The number of primary amides is 1. The Bertz CT molecular complexity index is 1310. The highest BCUT2D eigenvalue weighted by atomic mass is 16.5. The molecule has 9 heteroatoms. The first-order chi connectivity index (χ1) is 17.3. The van der Waals surface area contributed by atoms with E-state index in [0.717, 1.165) is 5.56 Å². The summed E-state index contributed by atoms with van der Waals surface area (Å²) >= 11 is 0. The number of benzene rings is 2. The van der Waals surface area contributed by atoms with Crippen LogP contribution in [0, 0.1) is 11.8 Å². The van der Waals surface area contributed by atoms with Gasteiger partial charge in [0.2, 0.25) is 5.91 Å². The van der Waals surface area contributed by atoms with Gasteiger partial charge >= 0.3 is 0 Å². The number of aliphatic hydroxyl groups is 1. The van der Waals surface area contributed by atoms with Crippen molar-refractivity contribution in [2.45, 2.75) is 12.0 Å². The Balaban J connectivity index is 0.000000174. The van der Waals surface area contributed by atoms with Crippen molar-refractivity contribution in [1.82, 2.24) is 4.98 Å². The normalized spacial score (nSPS) is 15.4. The minimum Gasteiger partial charge on any atom is -0.491 e. The molecule has 0 atom stereocenters. The van der Waals surface area contributed by atoms with Crippen molar-refractivity contribution in [3.63, 3.8) is 0 Å². The highest BCUT2D eigenvalue weighted by molar-refractivity contribution is 5.95. The first-order valence-electron chi connectivity index (χ1n) is 11.2. The van der Waals surface area contributed by atoms with Gasteiger partial charge in [0.1, 0.15) is 22.9 Å². The molecule has 2 aliphatic heterocycles. The molecule has 2 aromatic carbocycles. The lowest BCUT2D eigenvalue weighted by molar-refractivity contribution is -0.140. The molecular weight excluding hydrogens is 462 g/mol. The number of anilines is 1. The number of hydrogen-bond donors (Lipinski definition) is 2. The first-order valence-corrected chi connectivity index (χ1v) is 11.2. The topological polar surface area (TPSA) is 124 Å². The number of ether oxygens (including phenoxy) is 3. The standard InChI is InChI=1S/C15H15NO4.C12H10N2O2/c1-16-12-8-11(4-6-15(18)9-19-10-15)2-3-13(12)20-7-5-14(16)17;13-12(15)11-8-10(6-7-14-11)16-9-4-2-1-3-5-9/h2-3,8,18H,5,7,9-10H2,1H3;1-8H,(H2,13,15). The lowest BCUT2D eigenvalue weighted by Crippen LogP contribution is -2.48. The third-order valence-electron chi connectivity index (χ3n) is 5.35. The van der Waals surface area contributed by atoms with Crippen LogP contribution in [-0.2, 0) is 9.53 Å². The molecule has 0 aliphatic carbocycles. The number of para-hydroxylation sites is 1. The van der Waals surface area contributed by atoms with Crippen LogP contribution in [0.15, 0.2) is 66.9 Å². The smallest absolute Gasteiger partial charge is 0.267 e. The van der Waals surface area contributed by atoms with Gasteiger partial charge < -0.3 is 30.0 Å². The zero-order valence-electron chi connectivity index (χ0n) is 19.6. The van der Waals surface area contributed by atoms with Gasteiger partial charge in [0, 0.05) is 24.9 Å². The molecule has 5 rings (SSSR count). The minimum absolute atomic E-state index is 0.0138. The molecule has 2 aliphatic rings. The quantitative estimate of drug-likeness (QED) is 0.544. The summed E-state index contributed by atoms with van der Waals surface area (Å²) in [4.78, 5) is 28.1. The number of rotatable bonds is 3. The average Bonchev–Trinajstić information content (AvgIpc) is 3.00. The van der Waals surface area contributed by atoms with Gasteiger partial charge in [0.15, 0.2) is 5.60 Å². The van der Waals surface area contributed by atoms with E-state index in [1.54, 1.807) is 30.1 Å². The van der Waals surface area contributed by atoms with E-state index in [1.165, 1.54) is 12.3 Å². The fourth-order valence-electron chi connectivity index (χ4n) is 3.32. The molecule has 0 spiro atoms. The Morgan fingerprint density at radius 2 is 1.92 bits per heavy atom. The van der Waals surface area contributed by atoms with E-state index in [0.29, 0.717) is 36.0 Å². The van der Waals surface area contributed by atoms with Crippen molar-refractivity contribution in [2.75, 3.05) is 31.8 Å². The predicted octanol–water partition coefficient (Wildman–Crippen LogP) is 2.52. The van der Waals surface area contributed by atoms with Crippen LogP contribution in [0.4, 0.5) is 5.69 Å². The maximum Gasteiger partial charge on any atom is 0.267 e. The Morgan fingerprint density at radius 1 is 1.14 bits per heavy atom. The number of carbonyl (C=O) groups is 2. The van der Waals surface area contributed by atoms with Crippen molar-refractivity contribution in [3.05, 3.63) is 78.1 Å². The van der Waals surface area contributed by atoms with Crippen molar-refractivity contribution in [3.8, 4) is 29.1 Å². The molecule has 0 bridgehead atoms. The Morgan fingerprint density at radius 3 is 2.61 bits per heavy atom. The lowest BCUT2D eigenvalue weighted by atomic mass is 10.0. The zero-order valence-corrected chi connectivity index (χ0v) is 19.6. The third-order valence-corrected chi connectivity index (χ3v) is 5.35. The number of fused-ring (bicyclic) bond motifs is 1. The van der Waals surface area contributed by atoms with E-state index >= 15 is 0 Å². The van der Waals surface area contributed by atoms with Crippen molar-refractivity contribution < 1.29 is 28.9 Å². The minimum atomic E-state index is -1.04. The van der Waals surface area contributed by atoms with E-state index in [-0.39, 0.29) is 24.8 Å². The van der Waals surface area contributed by atoms with Gasteiger partial charge in [0.05, 0.1) is 31.9 Å². The molecule has 1 fully saturated rings. The number of hydrogen-bond acceptors (Lipinski definition) is 7. The number of amides is 2. The molecule has 0 unspecified atom stereocenters. The summed E-state index contributed by atoms with van der Waals surface area (Å²) in [5.41, 5.74) is 5.71. The molecule has 36 heavy (non-hydrogen) atoms. The second kappa shape index (κ2) is 10.9. The number of aromatic nitrogens is 1. The van der Waals surface area contributed by atoms with Gasteiger partial charge in [-0.25, -0.2) is 0 Å². The number of nitrogens with zero attached hydrogens (tertiary/aromatic N) is 2. The summed E-state index contributed by atoms with van der Waals surface area (Å²) in [6.07, 6.45) is 1.85. The fourth-order valence-corrected chi connectivity index (χ4v) is 3.32. The molecule has 1 saturated heterocycles. The van der Waals surface area contributed by atoms with Gasteiger partial charge in [-0.2, -0.15) is 0 Å². The maximum absolute atomic E-state index is 11.8. The monoisotopic (exact) mass is 487 g/mol. The van der Waals surface area contributed by atoms with E-state index < -0.39 is 11.5 Å². The van der Waals surface area contributed by atoms with Gasteiger partial charge in [-0.05, 0) is 36.4 Å². The van der Waals surface area contributed by atoms with Gasteiger partial charge in [0.25, 0.3) is 5.91 Å². The maximum atomic E-state index is 11.8. The van der Waals surface area contributed by atoms with Crippen molar-refractivity contribution in [1.29, 1.82) is 0 Å². The second-order valence-electron chi connectivity index (χ2n) is 8.16. The fraction of sp³-hybridized carbons (Fsp3) is 0.222. The van der Waals surface area contributed by atoms with Crippen molar-refractivity contribution >= 4 is 17.5 Å².